The number of hydrogen-bond donors (Lipinski definition) is 3. The molecule has 4 aromatic rings. The van der Waals surface area contributed by atoms with E-state index in [9.17, 15) is 13.2 Å². The van der Waals surface area contributed by atoms with Gasteiger partial charge in [0.25, 0.3) is 15.9 Å². The van der Waals surface area contributed by atoms with Crippen molar-refractivity contribution >= 4 is 49.1 Å². The van der Waals surface area contributed by atoms with Crippen molar-refractivity contribution in [3.63, 3.8) is 0 Å². The maximum atomic E-state index is 13.2. The second-order valence-electron chi connectivity index (χ2n) is 8.18. The average molecular weight is 494 g/mol. The van der Waals surface area contributed by atoms with Crippen molar-refractivity contribution in [1.29, 1.82) is 0 Å². The number of thiazole rings is 1. The predicted molar refractivity (Wildman–Crippen MR) is 135 cm³/mol. The monoisotopic (exact) mass is 493 g/mol. The van der Waals surface area contributed by atoms with E-state index in [1.165, 1.54) is 17.4 Å². The van der Waals surface area contributed by atoms with Crippen molar-refractivity contribution in [2.24, 2.45) is 10.9 Å². The van der Waals surface area contributed by atoms with Gasteiger partial charge in [-0.25, -0.2) is 13.4 Å². The molecule has 8 nitrogen and oxygen atoms in total. The lowest BCUT2D eigenvalue weighted by molar-refractivity contribution is -0.118. The summed E-state index contributed by atoms with van der Waals surface area (Å²) in [5.41, 5.74) is 3.21. The summed E-state index contributed by atoms with van der Waals surface area (Å²) in [5.74, 6) is -0.252. The fourth-order valence-electron chi connectivity index (χ4n) is 3.95. The second-order valence-corrected chi connectivity index (χ2v) is 10.7. The molecule has 1 aliphatic rings. The molecule has 0 fully saturated rings. The molecule has 0 saturated carbocycles. The highest BCUT2D eigenvalue weighted by atomic mass is 32.2. The molecule has 5 rings (SSSR count). The van der Waals surface area contributed by atoms with Crippen molar-refractivity contribution in [3.8, 4) is 11.3 Å². The lowest BCUT2D eigenvalue weighted by atomic mass is 9.99. The number of sulfonamides is 1. The van der Waals surface area contributed by atoms with Gasteiger partial charge in [0.2, 0.25) is 0 Å². The molecule has 2 atom stereocenters. The molecule has 0 radical (unpaired) electrons. The molecule has 34 heavy (non-hydrogen) atoms. The molecule has 2 unspecified atom stereocenters. The molecular formula is C24H23N5O3S2. The number of carbonyl (C=O) groups is 1. The average Bonchev–Trinajstić information content (AvgIpc) is 3.53. The Morgan fingerprint density at radius 2 is 1.91 bits per heavy atom. The van der Waals surface area contributed by atoms with E-state index >= 15 is 0 Å². The lowest BCUT2D eigenvalue weighted by Gasteiger charge is -2.18. The standard InChI is InChI=1S/C24H23N5O3S2/c1-3-14(2)21(27-22-16-9-5-7-11-20(16)34(31,32)29-22)23(30)28-24-26-19(13-33-24)17-12-25-18-10-6-4-8-15(17)18/h4-14,21,25H,3H2,1-2H3,(H,27,29)(H,26,28,30). The zero-order valence-electron chi connectivity index (χ0n) is 18.6. The highest BCUT2D eigenvalue weighted by Gasteiger charge is 2.33. The number of nitrogens with zero attached hydrogens (tertiary/aromatic N) is 2. The first-order valence-electron chi connectivity index (χ1n) is 10.9. The molecule has 0 saturated heterocycles. The van der Waals surface area contributed by atoms with E-state index in [0.29, 0.717) is 17.1 Å². The number of H-pyrrole nitrogens is 1. The molecule has 3 N–H and O–H groups in total. The van der Waals surface area contributed by atoms with Crippen LogP contribution in [0.15, 0.2) is 70.0 Å². The smallest absolute Gasteiger partial charge is 0.263 e. The van der Waals surface area contributed by atoms with Gasteiger partial charge in [-0.05, 0) is 24.1 Å². The zero-order valence-corrected chi connectivity index (χ0v) is 20.2. The summed E-state index contributed by atoms with van der Waals surface area (Å²) < 4.78 is 27.4. The van der Waals surface area contributed by atoms with E-state index in [-0.39, 0.29) is 22.6 Å². The van der Waals surface area contributed by atoms with Gasteiger partial charge in [-0.1, -0.05) is 50.6 Å². The van der Waals surface area contributed by atoms with E-state index < -0.39 is 16.1 Å². The third-order valence-electron chi connectivity index (χ3n) is 5.98. The molecule has 2 aromatic carbocycles. The maximum Gasteiger partial charge on any atom is 0.263 e. The number of rotatable bonds is 6. The third-order valence-corrected chi connectivity index (χ3v) is 8.14. The van der Waals surface area contributed by atoms with Gasteiger partial charge in [0.1, 0.15) is 11.9 Å². The molecule has 0 spiro atoms. The van der Waals surface area contributed by atoms with Crippen molar-refractivity contribution in [3.05, 3.63) is 65.7 Å². The van der Waals surface area contributed by atoms with Crippen LogP contribution >= 0.6 is 11.3 Å². The number of hydrogen-bond acceptors (Lipinski definition) is 6. The van der Waals surface area contributed by atoms with Gasteiger partial charge in [0, 0.05) is 33.6 Å². The number of amides is 1. The normalized spacial score (nSPS) is 17.3. The number of aliphatic imine (C=N–C) groups is 1. The van der Waals surface area contributed by atoms with Crippen LogP contribution in [0.4, 0.5) is 5.13 Å². The van der Waals surface area contributed by atoms with Crippen LogP contribution in [0.25, 0.3) is 22.2 Å². The van der Waals surface area contributed by atoms with Gasteiger partial charge in [-0.2, -0.15) is 0 Å². The minimum absolute atomic E-state index is 0.113. The quantitative estimate of drug-likeness (QED) is 0.369. The summed E-state index contributed by atoms with van der Waals surface area (Å²) in [5, 5.41) is 6.30. The number of aromatic nitrogens is 2. The molecule has 10 heteroatoms. The number of nitrogens with one attached hydrogen (secondary N) is 3. The van der Waals surface area contributed by atoms with Crippen LogP contribution in [0.3, 0.4) is 0 Å². The number of amidine groups is 1. The van der Waals surface area contributed by atoms with Crippen molar-refractivity contribution in [2.45, 2.75) is 31.2 Å². The summed E-state index contributed by atoms with van der Waals surface area (Å²) in [6, 6.07) is 13.8. The number of anilines is 1. The van der Waals surface area contributed by atoms with Gasteiger partial charge in [0.05, 0.1) is 10.6 Å². The molecule has 0 bridgehead atoms. The van der Waals surface area contributed by atoms with E-state index in [2.05, 4.69) is 25.0 Å². The number of fused-ring (bicyclic) bond motifs is 2. The van der Waals surface area contributed by atoms with E-state index in [4.69, 9.17) is 0 Å². The third kappa shape index (κ3) is 3.99. The number of carbonyl (C=O) groups excluding carboxylic acids is 1. The first-order chi connectivity index (χ1) is 16.4. The minimum atomic E-state index is -3.68. The Hall–Kier alpha value is -3.50. The van der Waals surface area contributed by atoms with Gasteiger partial charge in [-0.15, -0.1) is 11.3 Å². The van der Waals surface area contributed by atoms with Crippen LogP contribution in [-0.2, 0) is 14.8 Å². The SMILES string of the molecule is CCC(C)C(N=C1NS(=O)(=O)c2ccccc21)C(=O)Nc1nc(-c2c[nH]c3ccccc23)cs1. The number of para-hydroxylation sites is 1. The van der Waals surface area contributed by atoms with Gasteiger partial charge in [0.15, 0.2) is 5.13 Å². The molecule has 2 aromatic heterocycles. The molecular weight excluding hydrogens is 470 g/mol. The Balaban J connectivity index is 1.42. The largest absolute Gasteiger partial charge is 0.360 e. The van der Waals surface area contributed by atoms with E-state index in [0.717, 1.165) is 22.2 Å². The highest BCUT2D eigenvalue weighted by molar-refractivity contribution is 7.90. The van der Waals surface area contributed by atoms with Crippen molar-refractivity contribution < 1.29 is 13.2 Å². The van der Waals surface area contributed by atoms with E-state index in [1.54, 1.807) is 18.2 Å². The highest BCUT2D eigenvalue weighted by Crippen LogP contribution is 2.31. The van der Waals surface area contributed by atoms with Crippen LogP contribution in [0, 0.1) is 5.92 Å². The lowest BCUT2D eigenvalue weighted by Crippen LogP contribution is -2.34. The Kier molecular flexibility index (Phi) is 5.70. The zero-order chi connectivity index (χ0) is 23.9. The number of aromatic amines is 1. The second kappa shape index (κ2) is 8.69. The summed E-state index contributed by atoms with van der Waals surface area (Å²) in [6.45, 7) is 3.89. The maximum absolute atomic E-state index is 13.2. The van der Waals surface area contributed by atoms with E-state index in [1.807, 2.05) is 49.7 Å². The van der Waals surface area contributed by atoms with Gasteiger partial charge < -0.3 is 10.3 Å². The van der Waals surface area contributed by atoms with Crippen LogP contribution in [-0.4, -0.2) is 36.2 Å². The van der Waals surface area contributed by atoms with Crippen LogP contribution in [0.1, 0.15) is 25.8 Å². The summed E-state index contributed by atoms with van der Waals surface area (Å²) in [6.07, 6.45) is 2.60. The summed E-state index contributed by atoms with van der Waals surface area (Å²) in [7, 11) is -3.68. The molecule has 1 aliphatic heterocycles. The topological polar surface area (TPSA) is 116 Å². The Morgan fingerprint density at radius 1 is 1.15 bits per heavy atom. The van der Waals surface area contributed by atoms with Gasteiger partial charge >= 0.3 is 0 Å². The minimum Gasteiger partial charge on any atom is -0.360 e. The van der Waals surface area contributed by atoms with Crippen molar-refractivity contribution in [2.75, 3.05) is 5.32 Å². The molecule has 1 amide bonds. The fourth-order valence-corrected chi connectivity index (χ4v) is 5.91. The van der Waals surface area contributed by atoms with Crippen molar-refractivity contribution in [1.82, 2.24) is 14.7 Å². The fraction of sp³-hybridized carbons (Fsp3) is 0.208. The first kappa shape index (κ1) is 22.3. The Labute approximate surface area is 201 Å². The van der Waals surface area contributed by atoms with Gasteiger partial charge in [-0.3, -0.25) is 14.5 Å². The van der Waals surface area contributed by atoms with Crippen LogP contribution < -0.4 is 10.0 Å². The predicted octanol–water partition coefficient (Wildman–Crippen LogP) is 4.38. The Morgan fingerprint density at radius 3 is 2.74 bits per heavy atom. The molecule has 174 valence electrons. The molecule has 0 aliphatic carbocycles. The summed E-state index contributed by atoms with van der Waals surface area (Å²) in [4.78, 5) is 25.8. The van der Waals surface area contributed by atoms with Crippen LogP contribution in [0.5, 0.6) is 0 Å². The Bertz CT molecular complexity index is 1520. The summed E-state index contributed by atoms with van der Waals surface area (Å²) >= 11 is 1.34. The number of benzene rings is 2. The van der Waals surface area contributed by atoms with Crippen LogP contribution in [0.2, 0.25) is 0 Å². The first-order valence-corrected chi connectivity index (χ1v) is 13.3. The molecule has 3 heterocycles.